The third kappa shape index (κ3) is 4.32. The van der Waals surface area contributed by atoms with E-state index in [4.69, 9.17) is 22.1 Å². The van der Waals surface area contributed by atoms with E-state index in [0.29, 0.717) is 37.0 Å². The van der Waals surface area contributed by atoms with E-state index >= 15 is 0 Å². The van der Waals surface area contributed by atoms with Crippen LogP contribution in [0.3, 0.4) is 0 Å². The van der Waals surface area contributed by atoms with E-state index < -0.39 is 10.0 Å². The van der Waals surface area contributed by atoms with Gasteiger partial charge in [-0.15, -0.1) is 0 Å². The molecule has 21 heavy (non-hydrogen) atoms. The number of rotatable bonds is 5. The summed E-state index contributed by atoms with van der Waals surface area (Å²) >= 11 is 6.09. The van der Waals surface area contributed by atoms with Crippen molar-refractivity contribution >= 4 is 21.6 Å². The summed E-state index contributed by atoms with van der Waals surface area (Å²) < 4.78 is 30.5. The summed E-state index contributed by atoms with van der Waals surface area (Å²) in [5.74, 6) is 0.875. The van der Waals surface area contributed by atoms with Gasteiger partial charge < -0.3 is 10.5 Å². The number of nitrogens with two attached hydrogens (primary N) is 1. The van der Waals surface area contributed by atoms with Gasteiger partial charge in [-0.25, -0.2) is 12.7 Å². The molecule has 1 unspecified atom stereocenters. The van der Waals surface area contributed by atoms with Crippen LogP contribution in [0.4, 0.5) is 0 Å². The molecule has 0 saturated carbocycles. The van der Waals surface area contributed by atoms with E-state index in [9.17, 15) is 8.42 Å². The molecular weight excluding hydrogens is 312 g/mol. The van der Waals surface area contributed by atoms with Crippen molar-refractivity contribution in [3.63, 3.8) is 0 Å². The number of hydrogen-bond acceptors (Lipinski definition) is 4. The molecule has 0 bridgehead atoms. The van der Waals surface area contributed by atoms with Gasteiger partial charge in [0.2, 0.25) is 10.0 Å². The van der Waals surface area contributed by atoms with Crippen LogP contribution in [0.25, 0.3) is 0 Å². The van der Waals surface area contributed by atoms with Gasteiger partial charge >= 0.3 is 0 Å². The topological polar surface area (TPSA) is 72.6 Å². The zero-order valence-electron chi connectivity index (χ0n) is 12.1. The first-order valence-electron chi connectivity index (χ1n) is 6.97. The maximum atomic E-state index is 11.6. The van der Waals surface area contributed by atoms with Crippen molar-refractivity contribution < 1.29 is 13.2 Å². The van der Waals surface area contributed by atoms with E-state index in [1.165, 1.54) is 10.6 Å². The Morgan fingerprint density at radius 3 is 2.90 bits per heavy atom. The lowest BCUT2D eigenvalue weighted by atomic mass is 10.0. The Hall–Kier alpha value is -0.820. The van der Waals surface area contributed by atoms with Gasteiger partial charge in [-0.2, -0.15) is 0 Å². The molecule has 0 amide bonds. The molecule has 7 heteroatoms. The van der Waals surface area contributed by atoms with Crippen molar-refractivity contribution in [2.24, 2.45) is 11.7 Å². The Morgan fingerprint density at radius 1 is 1.48 bits per heavy atom. The molecule has 0 aromatic heterocycles. The Bertz CT molecular complexity index is 592. The molecule has 1 saturated heterocycles. The second kappa shape index (κ2) is 6.96. The number of piperidine rings is 1. The largest absolute Gasteiger partial charge is 0.493 e. The van der Waals surface area contributed by atoms with Crippen molar-refractivity contribution in [2.75, 3.05) is 26.0 Å². The van der Waals surface area contributed by atoms with Crippen molar-refractivity contribution in [1.29, 1.82) is 0 Å². The van der Waals surface area contributed by atoms with Gasteiger partial charge in [-0.05, 0) is 25.0 Å². The predicted molar refractivity (Wildman–Crippen MR) is 84.0 cm³/mol. The fraction of sp³-hybridized carbons (Fsp3) is 0.571. The second-order valence-electron chi connectivity index (χ2n) is 5.36. The molecule has 1 aliphatic heterocycles. The molecule has 1 aliphatic rings. The minimum Gasteiger partial charge on any atom is -0.493 e. The predicted octanol–water partition coefficient (Wildman–Crippen LogP) is 1.85. The Balaban J connectivity index is 1.99. The molecule has 1 aromatic rings. The molecule has 2 N–H and O–H groups in total. The second-order valence-corrected chi connectivity index (χ2v) is 7.75. The molecule has 1 fully saturated rings. The van der Waals surface area contributed by atoms with E-state index in [0.717, 1.165) is 18.4 Å². The third-order valence-electron chi connectivity index (χ3n) is 3.71. The van der Waals surface area contributed by atoms with Gasteiger partial charge in [0.05, 0.1) is 12.9 Å². The lowest BCUT2D eigenvalue weighted by Gasteiger charge is -2.30. The van der Waals surface area contributed by atoms with E-state index in [-0.39, 0.29) is 5.92 Å². The Kier molecular flexibility index (Phi) is 5.48. The van der Waals surface area contributed by atoms with Crippen molar-refractivity contribution in [3.05, 3.63) is 28.8 Å². The van der Waals surface area contributed by atoms with Crippen LogP contribution < -0.4 is 10.5 Å². The summed E-state index contributed by atoms with van der Waals surface area (Å²) in [6.07, 6.45) is 3.07. The highest BCUT2D eigenvalue weighted by Gasteiger charge is 2.26. The molecule has 0 aliphatic carbocycles. The van der Waals surface area contributed by atoms with Crippen molar-refractivity contribution in [3.8, 4) is 5.75 Å². The fourth-order valence-electron chi connectivity index (χ4n) is 2.54. The first kappa shape index (κ1) is 16.5. The fourth-order valence-corrected chi connectivity index (χ4v) is 3.73. The maximum absolute atomic E-state index is 11.6. The molecule has 1 heterocycles. The highest BCUT2D eigenvalue weighted by atomic mass is 35.5. The molecule has 0 spiro atoms. The van der Waals surface area contributed by atoms with Gasteiger partial charge in [0.25, 0.3) is 0 Å². The van der Waals surface area contributed by atoms with Crippen LogP contribution in [0.5, 0.6) is 5.75 Å². The zero-order valence-corrected chi connectivity index (χ0v) is 13.7. The third-order valence-corrected chi connectivity index (χ3v) is 5.33. The number of ether oxygens (including phenoxy) is 1. The maximum Gasteiger partial charge on any atom is 0.211 e. The van der Waals surface area contributed by atoms with Crippen LogP contribution in [-0.4, -0.2) is 38.7 Å². The summed E-state index contributed by atoms with van der Waals surface area (Å²) in [6, 6.07) is 5.44. The molecular formula is C14H21ClN2O3S. The Labute approximate surface area is 131 Å². The number of benzene rings is 1. The molecule has 118 valence electrons. The molecule has 1 aromatic carbocycles. The average Bonchev–Trinajstić information content (AvgIpc) is 2.44. The number of nitrogens with zero attached hydrogens (tertiary/aromatic N) is 1. The van der Waals surface area contributed by atoms with Crippen LogP contribution in [0, 0.1) is 5.92 Å². The summed E-state index contributed by atoms with van der Waals surface area (Å²) in [5.41, 5.74) is 6.47. The molecule has 0 radical (unpaired) electrons. The molecule has 5 nitrogen and oxygen atoms in total. The minimum absolute atomic E-state index is 0.193. The Morgan fingerprint density at radius 2 is 2.24 bits per heavy atom. The van der Waals surface area contributed by atoms with Crippen LogP contribution in [-0.2, 0) is 16.6 Å². The van der Waals surface area contributed by atoms with E-state index in [1.54, 1.807) is 6.07 Å². The lowest BCUT2D eigenvalue weighted by molar-refractivity contribution is 0.180. The van der Waals surface area contributed by atoms with Gasteiger partial charge in [0.1, 0.15) is 5.75 Å². The minimum atomic E-state index is -3.12. The quantitative estimate of drug-likeness (QED) is 0.893. The van der Waals surface area contributed by atoms with Crippen molar-refractivity contribution in [2.45, 2.75) is 19.4 Å². The van der Waals surface area contributed by atoms with Gasteiger partial charge in [0, 0.05) is 36.1 Å². The van der Waals surface area contributed by atoms with Crippen LogP contribution in [0.1, 0.15) is 18.4 Å². The molecule has 1 atom stereocenters. The van der Waals surface area contributed by atoms with E-state index in [1.807, 2.05) is 12.1 Å². The monoisotopic (exact) mass is 332 g/mol. The highest BCUT2D eigenvalue weighted by molar-refractivity contribution is 7.88. The highest BCUT2D eigenvalue weighted by Crippen LogP contribution is 2.27. The van der Waals surface area contributed by atoms with Crippen LogP contribution in [0.15, 0.2) is 18.2 Å². The lowest BCUT2D eigenvalue weighted by Crippen LogP contribution is -2.41. The summed E-state index contributed by atoms with van der Waals surface area (Å²) in [6.45, 7) is 1.90. The summed E-state index contributed by atoms with van der Waals surface area (Å²) in [5, 5.41) is 0.594. The summed E-state index contributed by atoms with van der Waals surface area (Å²) in [4.78, 5) is 0. The smallest absolute Gasteiger partial charge is 0.211 e. The first-order chi connectivity index (χ1) is 9.91. The number of halogens is 1. The zero-order chi connectivity index (χ0) is 15.5. The first-order valence-corrected chi connectivity index (χ1v) is 9.20. The van der Waals surface area contributed by atoms with Gasteiger partial charge in [-0.3, -0.25) is 0 Å². The number of hydrogen-bond donors (Lipinski definition) is 1. The SMILES string of the molecule is CS(=O)(=O)N1CCCC(COc2cccc(Cl)c2CN)C1. The molecule has 2 rings (SSSR count). The normalized spacial score (nSPS) is 20.4. The summed E-state index contributed by atoms with van der Waals surface area (Å²) in [7, 11) is -3.12. The standard InChI is InChI=1S/C14H21ClN2O3S/c1-21(18,19)17-7-3-4-11(9-17)10-20-14-6-2-5-13(15)12(14)8-16/h2,5-6,11H,3-4,7-10,16H2,1H3. The van der Waals surface area contributed by atoms with Crippen LogP contribution in [0.2, 0.25) is 5.02 Å². The number of sulfonamides is 1. The van der Waals surface area contributed by atoms with Crippen LogP contribution >= 0.6 is 11.6 Å². The van der Waals surface area contributed by atoms with Gasteiger partial charge in [-0.1, -0.05) is 17.7 Å². The van der Waals surface area contributed by atoms with Crippen molar-refractivity contribution in [1.82, 2.24) is 4.31 Å². The van der Waals surface area contributed by atoms with E-state index in [2.05, 4.69) is 0 Å². The average molecular weight is 333 g/mol. The van der Waals surface area contributed by atoms with Gasteiger partial charge in [0.15, 0.2) is 0 Å².